The van der Waals surface area contributed by atoms with Gasteiger partial charge in [0.25, 0.3) is 5.69 Å². The lowest BCUT2D eigenvalue weighted by Gasteiger charge is -2.19. The van der Waals surface area contributed by atoms with E-state index in [1.54, 1.807) is 19.9 Å². The highest BCUT2D eigenvalue weighted by Crippen LogP contribution is 2.42. The summed E-state index contributed by atoms with van der Waals surface area (Å²) in [5.41, 5.74) is 1.87. The maximum Gasteiger partial charge on any atom is 0.274 e. The highest BCUT2D eigenvalue weighted by molar-refractivity contribution is 9.11. The lowest BCUT2D eigenvalue weighted by molar-refractivity contribution is -0.385. The molecule has 1 N–H and O–H groups in total. The van der Waals surface area contributed by atoms with Crippen LogP contribution in [0.3, 0.4) is 0 Å². The molecule has 1 unspecified atom stereocenters. The summed E-state index contributed by atoms with van der Waals surface area (Å²) in [6.45, 7) is 7.28. The zero-order valence-corrected chi connectivity index (χ0v) is 17.9. The van der Waals surface area contributed by atoms with Crippen molar-refractivity contribution in [3.63, 3.8) is 0 Å². The average Bonchev–Trinajstić information content (AvgIpc) is 2.57. The lowest BCUT2D eigenvalue weighted by atomic mass is 9.97. The third kappa shape index (κ3) is 4.19. The molecule has 0 saturated carbocycles. The number of aliphatic hydroxyl groups excluding tert-OH is 1. The van der Waals surface area contributed by atoms with Crippen LogP contribution in [0.4, 0.5) is 5.69 Å². The molecule has 0 bridgehead atoms. The van der Waals surface area contributed by atoms with Crippen molar-refractivity contribution >= 4 is 37.5 Å². The zero-order chi connectivity index (χ0) is 19.6. The van der Waals surface area contributed by atoms with Gasteiger partial charge in [0.2, 0.25) is 5.75 Å². The topological polar surface area (TPSA) is 81.8 Å². The SMILES string of the molecule is Cc1c([N+](=O)[O-])cc(Br)c(OOc2c(C(C)C)cccc2C(C)O)c1Br. The number of para-hydroxylation sites is 1. The number of rotatable bonds is 6. The number of aliphatic hydroxyl groups is 1. The van der Waals surface area contributed by atoms with Crippen LogP contribution in [-0.2, 0) is 0 Å². The molecule has 2 rings (SSSR count). The minimum Gasteiger partial charge on any atom is -0.389 e. The van der Waals surface area contributed by atoms with Gasteiger partial charge in [-0.25, -0.2) is 0 Å². The summed E-state index contributed by atoms with van der Waals surface area (Å²) in [5, 5.41) is 21.1. The molecule has 0 fully saturated rings. The van der Waals surface area contributed by atoms with E-state index < -0.39 is 11.0 Å². The fourth-order valence-electron chi connectivity index (χ4n) is 2.48. The summed E-state index contributed by atoms with van der Waals surface area (Å²) < 4.78 is 0.793. The summed E-state index contributed by atoms with van der Waals surface area (Å²) >= 11 is 6.61. The first-order valence-corrected chi connectivity index (χ1v) is 9.52. The van der Waals surface area contributed by atoms with Crippen molar-refractivity contribution in [1.82, 2.24) is 0 Å². The van der Waals surface area contributed by atoms with Gasteiger partial charge in [0.1, 0.15) is 0 Å². The normalized spacial score (nSPS) is 12.2. The molecule has 0 spiro atoms. The second-order valence-electron chi connectivity index (χ2n) is 6.17. The van der Waals surface area contributed by atoms with Gasteiger partial charge >= 0.3 is 0 Å². The van der Waals surface area contributed by atoms with Crippen LogP contribution < -0.4 is 9.78 Å². The summed E-state index contributed by atoms with van der Waals surface area (Å²) in [6, 6.07) is 6.88. The average molecular weight is 489 g/mol. The van der Waals surface area contributed by atoms with Crippen LogP contribution >= 0.6 is 31.9 Å². The molecule has 0 radical (unpaired) electrons. The summed E-state index contributed by atoms with van der Waals surface area (Å²) in [4.78, 5) is 21.8. The second-order valence-corrected chi connectivity index (χ2v) is 7.81. The van der Waals surface area contributed by atoms with Gasteiger partial charge in [0.15, 0.2) is 5.75 Å². The maximum absolute atomic E-state index is 11.1. The van der Waals surface area contributed by atoms with E-state index in [0.717, 1.165) is 5.56 Å². The highest BCUT2D eigenvalue weighted by Gasteiger charge is 2.23. The van der Waals surface area contributed by atoms with Gasteiger partial charge in [-0.1, -0.05) is 32.0 Å². The molecule has 0 saturated heterocycles. The van der Waals surface area contributed by atoms with Crippen LogP contribution in [-0.4, -0.2) is 10.0 Å². The molecule has 0 heterocycles. The van der Waals surface area contributed by atoms with Gasteiger partial charge in [-0.3, -0.25) is 19.9 Å². The Hall–Kier alpha value is -1.64. The Labute approximate surface area is 168 Å². The van der Waals surface area contributed by atoms with Crippen LogP contribution in [0.25, 0.3) is 0 Å². The molecular formula is C18H19Br2NO5. The Kier molecular flexibility index (Phi) is 6.65. The number of nitro benzene ring substituents is 1. The first kappa shape index (κ1) is 20.7. The van der Waals surface area contributed by atoms with E-state index in [2.05, 4.69) is 31.9 Å². The lowest BCUT2D eigenvalue weighted by Crippen LogP contribution is -2.09. The molecule has 1 atom stereocenters. The van der Waals surface area contributed by atoms with E-state index in [0.29, 0.717) is 25.8 Å². The van der Waals surface area contributed by atoms with Gasteiger partial charge in [0.05, 0.1) is 20.0 Å². The van der Waals surface area contributed by atoms with Crippen LogP contribution in [0.2, 0.25) is 0 Å². The van der Waals surface area contributed by atoms with Crippen molar-refractivity contribution in [2.75, 3.05) is 0 Å². The van der Waals surface area contributed by atoms with Crippen LogP contribution in [0, 0.1) is 17.0 Å². The largest absolute Gasteiger partial charge is 0.389 e. The Morgan fingerprint density at radius 3 is 2.23 bits per heavy atom. The zero-order valence-electron chi connectivity index (χ0n) is 14.7. The van der Waals surface area contributed by atoms with Crippen molar-refractivity contribution in [2.24, 2.45) is 0 Å². The molecule has 8 heteroatoms. The van der Waals surface area contributed by atoms with E-state index in [4.69, 9.17) is 9.78 Å². The first-order valence-electron chi connectivity index (χ1n) is 7.93. The van der Waals surface area contributed by atoms with E-state index in [-0.39, 0.29) is 17.4 Å². The Morgan fingerprint density at radius 1 is 1.12 bits per heavy atom. The molecule has 0 aromatic heterocycles. The maximum atomic E-state index is 11.1. The monoisotopic (exact) mass is 487 g/mol. The van der Waals surface area contributed by atoms with E-state index in [1.165, 1.54) is 6.07 Å². The molecule has 0 aliphatic heterocycles. The molecule has 0 aliphatic carbocycles. The Morgan fingerprint density at radius 2 is 1.69 bits per heavy atom. The van der Waals surface area contributed by atoms with Crippen LogP contribution in [0.5, 0.6) is 11.5 Å². The smallest absolute Gasteiger partial charge is 0.274 e. The first-order chi connectivity index (χ1) is 12.1. The predicted octanol–water partition coefficient (Wildman–Crippen LogP) is 5.98. The summed E-state index contributed by atoms with van der Waals surface area (Å²) in [5.74, 6) is 0.869. The Bertz CT molecular complexity index is 811. The van der Waals surface area contributed by atoms with Crippen molar-refractivity contribution in [3.05, 3.63) is 60.0 Å². The fraction of sp³-hybridized carbons (Fsp3) is 0.333. The third-order valence-electron chi connectivity index (χ3n) is 3.95. The number of hydrogen-bond donors (Lipinski definition) is 1. The molecule has 140 valence electrons. The fourth-order valence-corrected chi connectivity index (χ4v) is 3.71. The summed E-state index contributed by atoms with van der Waals surface area (Å²) in [6.07, 6.45) is -0.738. The molecule has 2 aromatic carbocycles. The van der Waals surface area contributed by atoms with E-state index in [1.807, 2.05) is 26.0 Å². The second kappa shape index (κ2) is 8.37. The van der Waals surface area contributed by atoms with Crippen molar-refractivity contribution in [3.8, 4) is 11.5 Å². The number of halogens is 2. The molecule has 6 nitrogen and oxygen atoms in total. The van der Waals surface area contributed by atoms with Gasteiger partial charge in [-0.2, -0.15) is 0 Å². The molecule has 0 aliphatic rings. The van der Waals surface area contributed by atoms with E-state index >= 15 is 0 Å². The number of nitro groups is 1. The third-order valence-corrected chi connectivity index (χ3v) is 5.49. The molecular weight excluding hydrogens is 470 g/mol. The molecule has 26 heavy (non-hydrogen) atoms. The van der Waals surface area contributed by atoms with Crippen molar-refractivity contribution in [2.45, 2.75) is 39.7 Å². The van der Waals surface area contributed by atoms with Crippen molar-refractivity contribution in [1.29, 1.82) is 0 Å². The number of nitrogens with zero attached hydrogens (tertiary/aromatic N) is 1. The summed E-state index contributed by atoms with van der Waals surface area (Å²) in [7, 11) is 0. The predicted molar refractivity (Wildman–Crippen MR) is 106 cm³/mol. The van der Waals surface area contributed by atoms with Gasteiger partial charge in [0, 0.05) is 22.8 Å². The van der Waals surface area contributed by atoms with Crippen LogP contribution in [0.15, 0.2) is 33.2 Å². The molecule has 2 aromatic rings. The van der Waals surface area contributed by atoms with Gasteiger partial charge in [-0.15, -0.1) is 0 Å². The van der Waals surface area contributed by atoms with Crippen molar-refractivity contribution < 1.29 is 19.8 Å². The molecule has 0 amide bonds. The number of hydrogen-bond acceptors (Lipinski definition) is 5. The standard InChI is InChI=1S/C18H19Br2NO5/c1-9(2)12-6-5-7-13(11(4)22)17(12)25-26-18-14(19)8-15(21(23)24)10(3)16(18)20/h5-9,11,22H,1-4H3. The van der Waals surface area contributed by atoms with Gasteiger partial charge < -0.3 is 5.11 Å². The Balaban J connectivity index is 2.44. The van der Waals surface area contributed by atoms with E-state index in [9.17, 15) is 15.2 Å². The number of benzene rings is 2. The minimum absolute atomic E-state index is 0.0386. The quantitative estimate of drug-likeness (QED) is 0.307. The highest BCUT2D eigenvalue weighted by atomic mass is 79.9. The van der Waals surface area contributed by atoms with Gasteiger partial charge in [-0.05, 0) is 51.6 Å². The minimum atomic E-state index is -0.738. The van der Waals surface area contributed by atoms with Crippen LogP contribution in [0.1, 0.15) is 49.5 Å².